The Morgan fingerprint density at radius 3 is 1.72 bits per heavy atom. The molecule has 2 N–H and O–H groups in total. The van der Waals surface area contributed by atoms with Gasteiger partial charge in [-0.15, -0.1) is 0 Å². The van der Waals surface area contributed by atoms with Crippen LogP contribution < -0.4 is 5.73 Å². The summed E-state index contributed by atoms with van der Waals surface area (Å²) in [5, 5.41) is 0. The fourth-order valence-electron chi connectivity index (χ4n) is 4.37. The maximum Gasteiger partial charge on any atom is 0.293 e. The van der Waals surface area contributed by atoms with E-state index >= 15 is 0 Å². The molecule has 0 bridgehead atoms. The van der Waals surface area contributed by atoms with Gasteiger partial charge in [0.15, 0.2) is 0 Å². The van der Waals surface area contributed by atoms with Crippen molar-refractivity contribution >= 4 is 0 Å². The number of benzene rings is 1. The van der Waals surface area contributed by atoms with Gasteiger partial charge in [-0.1, -0.05) is 75.8 Å². The van der Waals surface area contributed by atoms with Gasteiger partial charge in [0.2, 0.25) is 0 Å². The summed E-state index contributed by atoms with van der Waals surface area (Å²) >= 11 is 0. The van der Waals surface area contributed by atoms with Crippen LogP contribution in [0.5, 0.6) is 0 Å². The van der Waals surface area contributed by atoms with Crippen molar-refractivity contribution < 1.29 is 14.2 Å². The Labute approximate surface area is 179 Å². The van der Waals surface area contributed by atoms with Crippen LogP contribution in [-0.4, -0.2) is 32.3 Å². The minimum atomic E-state index is -1.09. The van der Waals surface area contributed by atoms with E-state index in [9.17, 15) is 0 Å². The van der Waals surface area contributed by atoms with Crippen molar-refractivity contribution in [3.05, 3.63) is 35.9 Å². The van der Waals surface area contributed by atoms with Gasteiger partial charge in [-0.05, 0) is 52.1 Å². The average molecular weight is 408 g/mol. The number of rotatable bonds is 18. The first-order valence-corrected chi connectivity index (χ1v) is 11.8. The minimum Gasteiger partial charge on any atom is -0.330 e. The lowest BCUT2D eigenvalue weighted by atomic mass is 9.70. The lowest BCUT2D eigenvalue weighted by Crippen LogP contribution is -2.58. The van der Waals surface area contributed by atoms with E-state index in [1.807, 2.05) is 20.8 Å². The first-order chi connectivity index (χ1) is 14.2. The third kappa shape index (κ3) is 7.36. The first kappa shape index (κ1) is 26.1. The van der Waals surface area contributed by atoms with Crippen molar-refractivity contribution in [3.63, 3.8) is 0 Å². The predicted octanol–water partition coefficient (Wildman–Crippen LogP) is 6.18. The summed E-state index contributed by atoms with van der Waals surface area (Å²) in [5.41, 5.74) is 6.80. The molecule has 0 fully saturated rings. The molecule has 0 heterocycles. The fourth-order valence-corrected chi connectivity index (χ4v) is 4.37. The van der Waals surface area contributed by atoms with Crippen molar-refractivity contribution in [2.45, 2.75) is 96.9 Å². The third-order valence-electron chi connectivity index (χ3n) is 5.68. The SMILES string of the molecule is CCCCCCCCC(CCCN)(c1ccccc1)C(OCC)(OCC)OCC. The monoisotopic (exact) mass is 407 g/mol. The van der Waals surface area contributed by atoms with Gasteiger partial charge in [-0.2, -0.15) is 0 Å². The first-order valence-electron chi connectivity index (χ1n) is 11.8. The highest BCUT2D eigenvalue weighted by Gasteiger charge is 2.55. The van der Waals surface area contributed by atoms with E-state index < -0.39 is 5.97 Å². The topological polar surface area (TPSA) is 53.7 Å². The molecule has 29 heavy (non-hydrogen) atoms. The summed E-state index contributed by atoms with van der Waals surface area (Å²) in [6.45, 7) is 10.5. The van der Waals surface area contributed by atoms with Crippen LogP contribution in [0.15, 0.2) is 30.3 Å². The van der Waals surface area contributed by atoms with Gasteiger partial charge in [0, 0.05) is 19.8 Å². The van der Waals surface area contributed by atoms with Crippen LogP contribution in [0.3, 0.4) is 0 Å². The molecule has 1 rings (SSSR count). The van der Waals surface area contributed by atoms with E-state index in [0.29, 0.717) is 26.4 Å². The number of hydrogen-bond donors (Lipinski definition) is 1. The van der Waals surface area contributed by atoms with E-state index in [-0.39, 0.29) is 5.41 Å². The molecule has 0 amide bonds. The van der Waals surface area contributed by atoms with E-state index in [1.165, 1.54) is 37.7 Å². The normalized spacial score (nSPS) is 14.1. The Morgan fingerprint density at radius 2 is 1.21 bits per heavy atom. The minimum absolute atomic E-state index is 0.388. The second-order valence-corrected chi connectivity index (χ2v) is 7.71. The molecule has 168 valence electrons. The second kappa shape index (κ2) is 15.0. The van der Waals surface area contributed by atoms with E-state index in [1.54, 1.807) is 0 Å². The molecule has 1 aromatic rings. The molecule has 1 unspecified atom stereocenters. The summed E-state index contributed by atoms with van der Waals surface area (Å²) in [7, 11) is 0. The van der Waals surface area contributed by atoms with Gasteiger partial charge in [-0.3, -0.25) is 0 Å². The van der Waals surface area contributed by atoms with Crippen LogP contribution in [0.4, 0.5) is 0 Å². The molecular weight excluding hydrogens is 362 g/mol. The molecule has 0 aliphatic rings. The number of ether oxygens (including phenoxy) is 3. The Hall–Kier alpha value is -0.940. The highest BCUT2D eigenvalue weighted by Crippen LogP contribution is 2.47. The molecule has 0 saturated carbocycles. The lowest BCUT2D eigenvalue weighted by molar-refractivity contribution is -0.412. The summed E-state index contributed by atoms with van der Waals surface area (Å²) in [6.07, 6.45) is 10.3. The molecule has 0 radical (unpaired) electrons. The fraction of sp³-hybridized carbons (Fsp3) is 0.760. The summed E-state index contributed by atoms with van der Waals surface area (Å²) in [4.78, 5) is 0. The number of hydrogen-bond acceptors (Lipinski definition) is 4. The standard InChI is InChI=1S/C25H45NO3/c1-5-9-10-11-12-16-20-24(21-17-22-26,23-18-14-13-15-19-23)25(27-6-2,28-7-3)29-8-4/h13-15,18-19H,5-12,16-17,20-22,26H2,1-4H3. The molecule has 0 aliphatic heterocycles. The van der Waals surface area contributed by atoms with Gasteiger partial charge in [0.1, 0.15) is 0 Å². The van der Waals surface area contributed by atoms with Crippen LogP contribution in [0, 0.1) is 0 Å². The largest absolute Gasteiger partial charge is 0.330 e. The molecule has 0 saturated heterocycles. The molecule has 0 aromatic heterocycles. The van der Waals surface area contributed by atoms with Crippen molar-refractivity contribution in [1.82, 2.24) is 0 Å². The molecule has 0 aliphatic carbocycles. The Bertz CT molecular complexity index is 491. The van der Waals surface area contributed by atoms with Gasteiger partial charge in [0.25, 0.3) is 5.97 Å². The maximum atomic E-state index is 6.34. The van der Waals surface area contributed by atoms with Crippen LogP contribution in [0.1, 0.15) is 91.0 Å². The third-order valence-corrected chi connectivity index (χ3v) is 5.68. The summed E-state index contributed by atoms with van der Waals surface area (Å²) in [6, 6.07) is 10.6. The zero-order valence-corrected chi connectivity index (χ0v) is 19.4. The molecule has 1 atom stereocenters. The second-order valence-electron chi connectivity index (χ2n) is 7.71. The molecule has 4 nitrogen and oxygen atoms in total. The van der Waals surface area contributed by atoms with Gasteiger partial charge in [-0.25, -0.2) is 0 Å². The van der Waals surface area contributed by atoms with Crippen molar-refractivity contribution in [3.8, 4) is 0 Å². The van der Waals surface area contributed by atoms with Crippen LogP contribution in [0.25, 0.3) is 0 Å². The Morgan fingerprint density at radius 1 is 0.690 bits per heavy atom. The van der Waals surface area contributed by atoms with Gasteiger partial charge < -0.3 is 19.9 Å². The Kier molecular flexibility index (Phi) is 13.5. The quantitative estimate of drug-likeness (QED) is 0.233. The van der Waals surface area contributed by atoms with E-state index in [4.69, 9.17) is 19.9 Å². The van der Waals surface area contributed by atoms with Crippen molar-refractivity contribution in [2.75, 3.05) is 26.4 Å². The summed E-state index contributed by atoms with van der Waals surface area (Å²) in [5.74, 6) is -1.09. The van der Waals surface area contributed by atoms with E-state index in [0.717, 1.165) is 25.7 Å². The molecular formula is C25H45NO3. The number of nitrogens with two attached hydrogens (primary N) is 1. The zero-order valence-electron chi connectivity index (χ0n) is 19.4. The van der Waals surface area contributed by atoms with Crippen LogP contribution >= 0.6 is 0 Å². The van der Waals surface area contributed by atoms with Crippen molar-refractivity contribution in [1.29, 1.82) is 0 Å². The smallest absolute Gasteiger partial charge is 0.293 e. The molecule has 4 heteroatoms. The lowest BCUT2D eigenvalue weighted by Gasteiger charge is -2.49. The zero-order chi connectivity index (χ0) is 21.4. The highest BCUT2D eigenvalue weighted by atomic mass is 16.9. The number of unbranched alkanes of at least 4 members (excludes halogenated alkanes) is 5. The maximum absolute atomic E-state index is 6.34. The molecule has 1 aromatic carbocycles. The van der Waals surface area contributed by atoms with Crippen molar-refractivity contribution in [2.24, 2.45) is 5.73 Å². The average Bonchev–Trinajstić information content (AvgIpc) is 2.74. The van der Waals surface area contributed by atoms with E-state index in [2.05, 4.69) is 37.3 Å². The van der Waals surface area contributed by atoms with Gasteiger partial charge >= 0.3 is 0 Å². The van der Waals surface area contributed by atoms with Crippen LogP contribution in [0.2, 0.25) is 0 Å². The van der Waals surface area contributed by atoms with Crippen LogP contribution in [-0.2, 0) is 19.6 Å². The summed E-state index contributed by atoms with van der Waals surface area (Å²) < 4.78 is 19.0. The van der Waals surface area contributed by atoms with Gasteiger partial charge in [0.05, 0.1) is 5.41 Å². The predicted molar refractivity (Wildman–Crippen MR) is 122 cm³/mol. The Balaban J connectivity index is 3.32. The highest BCUT2D eigenvalue weighted by molar-refractivity contribution is 5.28. The molecule has 0 spiro atoms.